The molecule has 32 heavy (non-hydrogen) atoms. The number of nitrogens with one attached hydrogen (secondary N) is 1. The molecule has 168 valence electrons. The fraction of sp³-hybridized carbons (Fsp3) is 0.333. The lowest BCUT2D eigenvalue weighted by Gasteiger charge is -2.34. The Morgan fingerprint density at radius 3 is 2.44 bits per heavy atom. The standard InChI is InChI=1S/C24H27N3O3S2/c1-17(22-18(2)26-24(31-22)19-11-5-3-6-12-19)25-23(28)21-15-9-10-16-27(21)32(29,30)20-13-7-4-8-14-20/h3-8,11-14,17,21H,9-10,15-16H2,1-2H3,(H,25,28). The predicted octanol–water partition coefficient (Wildman–Crippen LogP) is 4.54. The zero-order valence-electron chi connectivity index (χ0n) is 18.2. The van der Waals surface area contributed by atoms with Gasteiger partial charge < -0.3 is 5.32 Å². The van der Waals surface area contributed by atoms with Crippen LogP contribution in [-0.2, 0) is 14.8 Å². The van der Waals surface area contributed by atoms with E-state index in [9.17, 15) is 13.2 Å². The number of amides is 1. The molecule has 2 aromatic carbocycles. The van der Waals surface area contributed by atoms with Crippen LogP contribution in [0.3, 0.4) is 0 Å². The number of hydrogen-bond acceptors (Lipinski definition) is 5. The van der Waals surface area contributed by atoms with Crippen molar-refractivity contribution in [1.29, 1.82) is 0 Å². The van der Waals surface area contributed by atoms with Crippen LogP contribution in [0.15, 0.2) is 65.6 Å². The molecule has 4 rings (SSSR count). The first kappa shape index (κ1) is 22.6. The Labute approximate surface area is 193 Å². The number of hydrogen-bond donors (Lipinski definition) is 1. The number of benzene rings is 2. The molecule has 1 aliphatic rings. The fourth-order valence-electron chi connectivity index (χ4n) is 4.07. The van der Waals surface area contributed by atoms with Gasteiger partial charge in [0.15, 0.2) is 0 Å². The Hall–Kier alpha value is -2.55. The number of aromatic nitrogens is 1. The number of aryl methyl sites for hydroxylation is 1. The third-order valence-corrected chi connectivity index (χ3v) is 9.02. The van der Waals surface area contributed by atoms with Gasteiger partial charge in [0.1, 0.15) is 11.0 Å². The second kappa shape index (κ2) is 9.52. The van der Waals surface area contributed by atoms with Gasteiger partial charge in [-0.2, -0.15) is 4.31 Å². The second-order valence-electron chi connectivity index (χ2n) is 8.01. The van der Waals surface area contributed by atoms with Gasteiger partial charge >= 0.3 is 0 Å². The Bertz CT molecular complexity index is 1180. The van der Waals surface area contributed by atoms with E-state index < -0.39 is 16.1 Å². The summed E-state index contributed by atoms with van der Waals surface area (Å²) in [5.41, 5.74) is 1.91. The van der Waals surface area contributed by atoms with Crippen molar-refractivity contribution in [2.24, 2.45) is 0 Å². The molecular weight excluding hydrogens is 442 g/mol. The topological polar surface area (TPSA) is 79.4 Å². The highest BCUT2D eigenvalue weighted by molar-refractivity contribution is 7.89. The molecule has 0 spiro atoms. The molecule has 3 aromatic rings. The molecule has 1 amide bonds. The first-order valence-corrected chi connectivity index (χ1v) is 13.0. The van der Waals surface area contributed by atoms with Crippen LogP contribution in [0.2, 0.25) is 0 Å². The molecule has 6 nitrogen and oxygen atoms in total. The number of nitrogens with zero attached hydrogens (tertiary/aromatic N) is 2. The number of rotatable bonds is 6. The highest BCUT2D eigenvalue weighted by atomic mass is 32.2. The highest BCUT2D eigenvalue weighted by Gasteiger charge is 2.38. The van der Waals surface area contributed by atoms with Gasteiger partial charge in [0, 0.05) is 12.1 Å². The third-order valence-electron chi connectivity index (χ3n) is 5.71. The molecule has 2 unspecified atom stereocenters. The molecule has 1 fully saturated rings. The van der Waals surface area contributed by atoms with Crippen LogP contribution < -0.4 is 5.32 Å². The van der Waals surface area contributed by atoms with Crippen molar-refractivity contribution >= 4 is 27.3 Å². The van der Waals surface area contributed by atoms with E-state index in [4.69, 9.17) is 0 Å². The Morgan fingerprint density at radius 2 is 1.75 bits per heavy atom. The summed E-state index contributed by atoms with van der Waals surface area (Å²) in [6.07, 6.45) is 2.09. The van der Waals surface area contributed by atoms with Gasteiger partial charge in [0.2, 0.25) is 15.9 Å². The maximum atomic E-state index is 13.2. The maximum absolute atomic E-state index is 13.2. The average molecular weight is 470 g/mol. The van der Waals surface area contributed by atoms with Crippen LogP contribution in [-0.4, -0.2) is 36.2 Å². The van der Waals surface area contributed by atoms with Crippen LogP contribution in [0, 0.1) is 6.92 Å². The normalized spacial score (nSPS) is 18.2. The first-order chi connectivity index (χ1) is 15.4. The van der Waals surface area contributed by atoms with E-state index in [0.29, 0.717) is 13.0 Å². The number of carbonyl (C=O) groups is 1. The molecule has 0 aliphatic carbocycles. The van der Waals surface area contributed by atoms with E-state index in [1.165, 1.54) is 4.31 Å². The lowest BCUT2D eigenvalue weighted by Crippen LogP contribution is -2.52. The minimum atomic E-state index is -3.73. The van der Waals surface area contributed by atoms with Gasteiger partial charge in [-0.25, -0.2) is 13.4 Å². The SMILES string of the molecule is Cc1nc(-c2ccccc2)sc1C(C)NC(=O)C1CCCCN1S(=O)(=O)c1ccccc1. The van der Waals surface area contributed by atoms with Gasteiger partial charge in [-0.1, -0.05) is 55.0 Å². The minimum Gasteiger partial charge on any atom is -0.347 e. The summed E-state index contributed by atoms with van der Waals surface area (Å²) in [6, 6.07) is 17.3. The lowest BCUT2D eigenvalue weighted by molar-refractivity contribution is -0.126. The number of carbonyl (C=O) groups excluding carboxylic acids is 1. The lowest BCUT2D eigenvalue weighted by atomic mass is 10.0. The quantitative estimate of drug-likeness (QED) is 0.575. The molecule has 2 atom stereocenters. The van der Waals surface area contributed by atoms with Gasteiger partial charge in [0.05, 0.1) is 21.5 Å². The number of sulfonamides is 1. The average Bonchev–Trinajstić information content (AvgIpc) is 3.22. The smallest absolute Gasteiger partial charge is 0.243 e. The molecule has 2 heterocycles. The molecule has 1 saturated heterocycles. The van der Waals surface area contributed by atoms with E-state index in [0.717, 1.165) is 34.0 Å². The van der Waals surface area contributed by atoms with E-state index in [2.05, 4.69) is 10.3 Å². The van der Waals surface area contributed by atoms with Crippen LogP contribution >= 0.6 is 11.3 Å². The zero-order valence-corrected chi connectivity index (χ0v) is 19.8. The van der Waals surface area contributed by atoms with Crippen molar-refractivity contribution in [1.82, 2.24) is 14.6 Å². The van der Waals surface area contributed by atoms with Crippen molar-refractivity contribution in [2.75, 3.05) is 6.54 Å². The molecular formula is C24H27N3O3S2. The van der Waals surface area contributed by atoms with Crippen molar-refractivity contribution < 1.29 is 13.2 Å². The van der Waals surface area contributed by atoms with Gasteiger partial charge in [-0.3, -0.25) is 4.79 Å². The summed E-state index contributed by atoms with van der Waals surface area (Å²) in [6.45, 7) is 4.21. The summed E-state index contributed by atoms with van der Waals surface area (Å²) < 4.78 is 27.8. The number of thiazole rings is 1. The molecule has 0 saturated carbocycles. The summed E-state index contributed by atoms with van der Waals surface area (Å²) in [7, 11) is -3.73. The molecule has 0 radical (unpaired) electrons. The minimum absolute atomic E-state index is 0.221. The molecule has 1 N–H and O–H groups in total. The summed E-state index contributed by atoms with van der Waals surface area (Å²) in [4.78, 5) is 19.1. The van der Waals surface area contributed by atoms with E-state index >= 15 is 0 Å². The Balaban J connectivity index is 1.53. The molecule has 0 bridgehead atoms. The monoisotopic (exact) mass is 469 g/mol. The van der Waals surface area contributed by atoms with Crippen molar-refractivity contribution in [2.45, 2.75) is 50.1 Å². The molecule has 8 heteroatoms. The third kappa shape index (κ3) is 4.62. The van der Waals surface area contributed by atoms with Crippen molar-refractivity contribution in [3.63, 3.8) is 0 Å². The molecule has 1 aliphatic heterocycles. The van der Waals surface area contributed by atoms with Gasteiger partial charge in [-0.15, -0.1) is 11.3 Å². The van der Waals surface area contributed by atoms with Crippen molar-refractivity contribution in [3.8, 4) is 10.6 Å². The second-order valence-corrected chi connectivity index (χ2v) is 10.9. The van der Waals surface area contributed by atoms with Crippen LogP contribution in [0.4, 0.5) is 0 Å². The first-order valence-electron chi connectivity index (χ1n) is 10.8. The molecule has 1 aromatic heterocycles. The summed E-state index contributed by atoms with van der Waals surface area (Å²) in [5, 5.41) is 3.96. The van der Waals surface area contributed by atoms with E-state index in [-0.39, 0.29) is 16.8 Å². The summed E-state index contributed by atoms with van der Waals surface area (Å²) >= 11 is 1.55. The Kier molecular flexibility index (Phi) is 6.74. The highest BCUT2D eigenvalue weighted by Crippen LogP contribution is 2.32. The predicted molar refractivity (Wildman–Crippen MR) is 127 cm³/mol. The van der Waals surface area contributed by atoms with Gasteiger partial charge in [-0.05, 0) is 38.8 Å². The fourth-order valence-corrected chi connectivity index (χ4v) is 6.82. The van der Waals surface area contributed by atoms with Crippen LogP contribution in [0.5, 0.6) is 0 Å². The van der Waals surface area contributed by atoms with Crippen molar-refractivity contribution in [3.05, 3.63) is 71.2 Å². The number of piperidine rings is 1. The van der Waals surface area contributed by atoms with E-state index in [1.807, 2.05) is 44.2 Å². The largest absolute Gasteiger partial charge is 0.347 e. The summed E-state index contributed by atoms with van der Waals surface area (Å²) in [5.74, 6) is -0.259. The van der Waals surface area contributed by atoms with Crippen LogP contribution in [0.25, 0.3) is 10.6 Å². The van der Waals surface area contributed by atoms with E-state index in [1.54, 1.807) is 41.7 Å². The Morgan fingerprint density at radius 1 is 1.09 bits per heavy atom. The van der Waals surface area contributed by atoms with Crippen LogP contribution in [0.1, 0.15) is 42.8 Å². The maximum Gasteiger partial charge on any atom is 0.243 e. The zero-order chi connectivity index (χ0) is 22.7. The van der Waals surface area contributed by atoms with Gasteiger partial charge in [0.25, 0.3) is 0 Å².